The molecule has 4 aromatic rings. The van der Waals surface area contributed by atoms with Gasteiger partial charge in [0.05, 0.1) is 16.1 Å². The second kappa shape index (κ2) is 8.17. The zero-order chi connectivity index (χ0) is 23.1. The standard InChI is InChI=1S/C24H21N3O4S2/c28-32(29,23-12-4-7-18-8-5-15-25-24(18)23)26-20-13-14-22-19(17-20)9-6-16-27(22)33(30,31)21-10-2-1-3-11-21/h1-5,7-8,10-15,17,26H,6,9,16H2. The van der Waals surface area contributed by atoms with Gasteiger partial charge in [0.2, 0.25) is 0 Å². The first kappa shape index (κ1) is 21.4. The summed E-state index contributed by atoms with van der Waals surface area (Å²) in [6.07, 6.45) is 2.85. The molecule has 168 valence electrons. The second-order valence-corrected chi connectivity index (χ2v) is 11.3. The largest absolute Gasteiger partial charge is 0.280 e. The van der Waals surface area contributed by atoms with Crippen molar-refractivity contribution in [2.45, 2.75) is 22.6 Å². The van der Waals surface area contributed by atoms with E-state index in [0.717, 1.165) is 10.9 Å². The molecular formula is C24H21N3O4S2. The molecule has 0 bridgehead atoms. The van der Waals surface area contributed by atoms with Gasteiger partial charge in [0.1, 0.15) is 4.90 Å². The highest BCUT2D eigenvalue weighted by Crippen LogP contribution is 2.34. The monoisotopic (exact) mass is 479 g/mol. The van der Waals surface area contributed by atoms with Crippen molar-refractivity contribution in [3.8, 4) is 0 Å². The zero-order valence-electron chi connectivity index (χ0n) is 17.5. The Morgan fingerprint density at radius 1 is 0.848 bits per heavy atom. The summed E-state index contributed by atoms with van der Waals surface area (Å²) in [6.45, 7) is 0.372. The normalized spacial score (nSPS) is 14.1. The predicted molar refractivity (Wildman–Crippen MR) is 128 cm³/mol. The number of nitrogens with zero attached hydrogens (tertiary/aromatic N) is 2. The van der Waals surface area contributed by atoms with Gasteiger partial charge in [0.25, 0.3) is 20.0 Å². The molecule has 0 fully saturated rings. The lowest BCUT2D eigenvalue weighted by Crippen LogP contribution is -2.35. The molecule has 1 aromatic heterocycles. The minimum Gasteiger partial charge on any atom is -0.280 e. The molecule has 0 atom stereocenters. The van der Waals surface area contributed by atoms with Crippen LogP contribution in [0, 0.1) is 0 Å². The fraction of sp³-hybridized carbons (Fsp3) is 0.125. The fourth-order valence-corrected chi connectivity index (χ4v) is 6.89. The minimum atomic E-state index is -3.90. The molecule has 7 nitrogen and oxygen atoms in total. The van der Waals surface area contributed by atoms with E-state index >= 15 is 0 Å². The van der Waals surface area contributed by atoms with E-state index < -0.39 is 20.0 Å². The summed E-state index contributed by atoms with van der Waals surface area (Å²) in [6, 6.07) is 21.8. The number of aromatic nitrogens is 1. The summed E-state index contributed by atoms with van der Waals surface area (Å²) in [5.74, 6) is 0. The van der Waals surface area contributed by atoms with Gasteiger partial charge in [0, 0.05) is 23.8 Å². The maximum Gasteiger partial charge on any atom is 0.264 e. The third-order valence-corrected chi connectivity index (χ3v) is 8.86. The van der Waals surface area contributed by atoms with Crippen molar-refractivity contribution in [1.29, 1.82) is 0 Å². The first-order chi connectivity index (χ1) is 15.9. The highest BCUT2D eigenvalue weighted by molar-refractivity contribution is 7.93. The van der Waals surface area contributed by atoms with Crippen LogP contribution in [0.3, 0.4) is 0 Å². The first-order valence-corrected chi connectivity index (χ1v) is 13.4. The van der Waals surface area contributed by atoms with E-state index in [1.54, 1.807) is 66.9 Å². The van der Waals surface area contributed by atoms with Gasteiger partial charge in [-0.3, -0.25) is 14.0 Å². The molecule has 0 spiro atoms. The first-order valence-electron chi connectivity index (χ1n) is 10.4. The number of fused-ring (bicyclic) bond motifs is 2. The van der Waals surface area contributed by atoms with Crippen LogP contribution in [-0.4, -0.2) is 28.4 Å². The average molecular weight is 480 g/mol. The van der Waals surface area contributed by atoms with E-state index in [1.165, 1.54) is 10.4 Å². The smallest absolute Gasteiger partial charge is 0.264 e. The fourth-order valence-electron chi connectivity index (χ4n) is 4.10. The predicted octanol–water partition coefficient (Wildman–Crippen LogP) is 4.18. The van der Waals surface area contributed by atoms with E-state index in [2.05, 4.69) is 9.71 Å². The van der Waals surface area contributed by atoms with Gasteiger partial charge < -0.3 is 0 Å². The van der Waals surface area contributed by atoms with Crippen LogP contribution in [0.15, 0.2) is 94.9 Å². The molecule has 1 N–H and O–H groups in total. The summed E-state index contributed by atoms with van der Waals surface area (Å²) >= 11 is 0. The molecule has 0 saturated carbocycles. The zero-order valence-corrected chi connectivity index (χ0v) is 19.2. The number of sulfonamides is 2. The van der Waals surface area contributed by atoms with Gasteiger partial charge in [-0.1, -0.05) is 36.4 Å². The van der Waals surface area contributed by atoms with Gasteiger partial charge in [-0.05, 0) is 60.9 Å². The Labute approximate surface area is 192 Å². The van der Waals surface area contributed by atoms with E-state index in [0.29, 0.717) is 36.3 Å². The Kier molecular flexibility index (Phi) is 5.30. The molecule has 0 unspecified atom stereocenters. The number of para-hydroxylation sites is 1. The maximum atomic E-state index is 13.2. The number of pyridine rings is 1. The van der Waals surface area contributed by atoms with Crippen LogP contribution >= 0.6 is 0 Å². The molecule has 9 heteroatoms. The Balaban J connectivity index is 1.49. The highest BCUT2D eigenvalue weighted by atomic mass is 32.2. The van der Waals surface area contributed by atoms with Crippen molar-refractivity contribution >= 4 is 42.3 Å². The summed E-state index contributed by atoms with van der Waals surface area (Å²) < 4.78 is 56.7. The lowest BCUT2D eigenvalue weighted by Gasteiger charge is -2.31. The average Bonchev–Trinajstić information content (AvgIpc) is 2.83. The van der Waals surface area contributed by atoms with Crippen molar-refractivity contribution in [2.75, 3.05) is 15.6 Å². The Morgan fingerprint density at radius 2 is 1.64 bits per heavy atom. The molecule has 0 radical (unpaired) electrons. The number of aryl methyl sites for hydroxylation is 1. The van der Waals surface area contributed by atoms with Crippen molar-refractivity contribution in [2.24, 2.45) is 0 Å². The molecule has 5 rings (SSSR count). The Morgan fingerprint density at radius 3 is 2.45 bits per heavy atom. The van der Waals surface area contributed by atoms with Crippen molar-refractivity contribution in [3.05, 3.63) is 90.6 Å². The SMILES string of the molecule is O=S(=O)(Nc1ccc2c(c1)CCCN2S(=O)(=O)c1ccccc1)c1cccc2cccnc12. The molecule has 0 amide bonds. The number of benzene rings is 3. The summed E-state index contributed by atoms with van der Waals surface area (Å²) in [7, 11) is -7.60. The van der Waals surface area contributed by atoms with E-state index in [1.807, 2.05) is 12.1 Å². The molecule has 1 aliphatic rings. The lowest BCUT2D eigenvalue weighted by atomic mass is 10.0. The molecule has 33 heavy (non-hydrogen) atoms. The van der Waals surface area contributed by atoms with Crippen LogP contribution in [0.2, 0.25) is 0 Å². The summed E-state index contributed by atoms with van der Waals surface area (Å²) in [5, 5.41) is 0.729. The van der Waals surface area contributed by atoms with Crippen LogP contribution < -0.4 is 9.03 Å². The topological polar surface area (TPSA) is 96.4 Å². The Hall–Kier alpha value is -3.43. The van der Waals surface area contributed by atoms with Gasteiger partial charge >= 0.3 is 0 Å². The van der Waals surface area contributed by atoms with Crippen LogP contribution in [0.1, 0.15) is 12.0 Å². The molecule has 3 aromatic carbocycles. The van der Waals surface area contributed by atoms with Gasteiger partial charge in [-0.25, -0.2) is 16.8 Å². The van der Waals surface area contributed by atoms with Gasteiger partial charge in [0.15, 0.2) is 0 Å². The molecule has 1 aliphatic heterocycles. The van der Waals surface area contributed by atoms with E-state index in [9.17, 15) is 16.8 Å². The number of nitrogens with one attached hydrogen (secondary N) is 1. The number of anilines is 2. The van der Waals surface area contributed by atoms with Crippen LogP contribution in [0.5, 0.6) is 0 Å². The van der Waals surface area contributed by atoms with Crippen LogP contribution in [0.25, 0.3) is 10.9 Å². The number of rotatable bonds is 5. The lowest BCUT2D eigenvalue weighted by molar-refractivity contribution is 0.586. The quantitative estimate of drug-likeness (QED) is 0.463. The van der Waals surface area contributed by atoms with Crippen LogP contribution in [0.4, 0.5) is 11.4 Å². The summed E-state index contributed by atoms with van der Waals surface area (Å²) in [5.41, 5.74) is 2.11. The van der Waals surface area contributed by atoms with Crippen molar-refractivity contribution < 1.29 is 16.8 Å². The molecular weight excluding hydrogens is 458 g/mol. The maximum absolute atomic E-state index is 13.2. The molecule has 2 heterocycles. The number of hydrogen-bond acceptors (Lipinski definition) is 5. The van der Waals surface area contributed by atoms with Gasteiger partial charge in [-0.2, -0.15) is 0 Å². The third kappa shape index (κ3) is 3.94. The second-order valence-electron chi connectivity index (χ2n) is 7.77. The van der Waals surface area contributed by atoms with E-state index in [-0.39, 0.29) is 9.79 Å². The van der Waals surface area contributed by atoms with E-state index in [4.69, 9.17) is 0 Å². The van der Waals surface area contributed by atoms with Crippen molar-refractivity contribution in [3.63, 3.8) is 0 Å². The minimum absolute atomic E-state index is 0.0894. The van der Waals surface area contributed by atoms with Gasteiger partial charge in [-0.15, -0.1) is 0 Å². The summed E-state index contributed by atoms with van der Waals surface area (Å²) in [4.78, 5) is 4.55. The molecule has 0 saturated heterocycles. The Bertz CT molecular complexity index is 1550. The third-order valence-electron chi connectivity index (χ3n) is 5.62. The van der Waals surface area contributed by atoms with Crippen molar-refractivity contribution in [1.82, 2.24) is 4.98 Å². The highest BCUT2D eigenvalue weighted by Gasteiger charge is 2.29. The van der Waals surface area contributed by atoms with Crippen LogP contribution in [-0.2, 0) is 26.5 Å². The molecule has 0 aliphatic carbocycles. The number of hydrogen-bond donors (Lipinski definition) is 1.